The van der Waals surface area contributed by atoms with E-state index in [0.717, 1.165) is 24.3 Å². The molecule has 0 bridgehead atoms. The van der Waals surface area contributed by atoms with Gasteiger partial charge in [-0.15, -0.1) is 0 Å². The minimum absolute atomic E-state index is 0.218. The van der Waals surface area contributed by atoms with Crippen LogP contribution in [0.3, 0.4) is 0 Å². The first-order valence-electron chi connectivity index (χ1n) is 9.79. The summed E-state index contributed by atoms with van der Waals surface area (Å²) in [5.41, 5.74) is 2.60. The summed E-state index contributed by atoms with van der Waals surface area (Å²) in [5.74, 6) is 1.39. The highest BCUT2D eigenvalue weighted by atomic mass is 35.5. The zero-order valence-electron chi connectivity index (χ0n) is 17.2. The SMILES string of the molecule is COc1ccc(CN(C)C(=O)Nc2ccc(N3CCCCC3)c(Cl)c2)c(OC)c1. The summed E-state index contributed by atoms with van der Waals surface area (Å²) in [7, 11) is 4.95. The van der Waals surface area contributed by atoms with E-state index in [-0.39, 0.29) is 6.03 Å². The molecule has 0 saturated carbocycles. The number of methoxy groups -OCH3 is 2. The largest absolute Gasteiger partial charge is 0.497 e. The maximum Gasteiger partial charge on any atom is 0.321 e. The lowest BCUT2D eigenvalue weighted by molar-refractivity contribution is 0.220. The van der Waals surface area contributed by atoms with Crippen LogP contribution in [0.1, 0.15) is 24.8 Å². The van der Waals surface area contributed by atoms with Gasteiger partial charge in [-0.3, -0.25) is 0 Å². The first-order valence-corrected chi connectivity index (χ1v) is 10.2. The van der Waals surface area contributed by atoms with Gasteiger partial charge in [0.25, 0.3) is 0 Å². The van der Waals surface area contributed by atoms with E-state index in [1.165, 1.54) is 19.3 Å². The van der Waals surface area contributed by atoms with Crippen LogP contribution < -0.4 is 19.7 Å². The predicted octanol–water partition coefficient (Wildman–Crippen LogP) is 5.01. The van der Waals surface area contributed by atoms with E-state index in [0.29, 0.717) is 28.8 Å². The van der Waals surface area contributed by atoms with Gasteiger partial charge in [0.05, 0.1) is 31.5 Å². The number of nitrogens with zero attached hydrogens (tertiary/aromatic N) is 2. The van der Waals surface area contributed by atoms with Gasteiger partial charge in [-0.1, -0.05) is 11.6 Å². The second-order valence-electron chi connectivity index (χ2n) is 7.18. The van der Waals surface area contributed by atoms with Crippen molar-refractivity contribution in [3.05, 3.63) is 47.0 Å². The average molecular weight is 418 g/mol. The molecule has 7 heteroatoms. The average Bonchev–Trinajstić information content (AvgIpc) is 2.74. The van der Waals surface area contributed by atoms with Gasteiger partial charge in [0.2, 0.25) is 0 Å². The summed E-state index contributed by atoms with van der Waals surface area (Å²) in [6, 6.07) is 11.0. The van der Waals surface area contributed by atoms with Crippen LogP contribution in [-0.4, -0.2) is 45.3 Å². The highest BCUT2D eigenvalue weighted by Gasteiger charge is 2.16. The fourth-order valence-corrected chi connectivity index (χ4v) is 3.80. The van der Waals surface area contributed by atoms with Gasteiger partial charge in [-0.25, -0.2) is 4.79 Å². The van der Waals surface area contributed by atoms with E-state index in [9.17, 15) is 4.79 Å². The molecule has 1 saturated heterocycles. The third-order valence-corrected chi connectivity index (χ3v) is 5.45. The molecule has 0 unspecified atom stereocenters. The second kappa shape index (κ2) is 9.74. The van der Waals surface area contributed by atoms with E-state index in [1.54, 1.807) is 32.2 Å². The summed E-state index contributed by atoms with van der Waals surface area (Å²) in [6.45, 7) is 2.45. The van der Waals surface area contributed by atoms with Gasteiger partial charge in [0, 0.05) is 37.5 Å². The van der Waals surface area contributed by atoms with E-state index in [1.807, 2.05) is 30.3 Å². The lowest BCUT2D eigenvalue weighted by Crippen LogP contribution is -2.31. The highest BCUT2D eigenvalue weighted by Crippen LogP contribution is 2.31. The number of amides is 2. The smallest absolute Gasteiger partial charge is 0.321 e. The summed E-state index contributed by atoms with van der Waals surface area (Å²) >= 11 is 6.49. The Morgan fingerprint density at radius 1 is 1.10 bits per heavy atom. The third kappa shape index (κ3) is 5.26. The molecule has 0 aromatic heterocycles. The number of nitrogens with one attached hydrogen (secondary N) is 1. The fraction of sp³-hybridized carbons (Fsp3) is 0.409. The molecule has 1 N–H and O–H groups in total. The Morgan fingerprint density at radius 2 is 1.86 bits per heavy atom. The van der Waals surface area contributed by atoms with Crippen LogP contribution in [0.5, 0.6) is 11.5 Å². The van der Waals surface area contributed by atoms with E-state index in [4.69, 9.17) is 21.1 Å². The number of ether oxygens (including phenoxy) is 2. The number of benzene rings is 2. The van der Waals surface area contributed by atoms with Gasteiger partial charge in [0.15, 0.2) is 0 Å². The maximum absolute atomic E-state index is 12.6. The van der Waals surface area contributed by atoms with Crippen molar-refractivity contribution >= 4 is 29.0 Å². The summed E-state index contributed by atoms with van der Waals surface area (Å²) < 4.78 is 10.6. The number of carbonyl (C=O) groups excluding carboxylic acids is 1. The molecule has 0 radical (unpaired) electrons. The van der Waals surface area contributed by atoms with E-state index in [2.05, 4.69) is 10.2 Å². The van der Waals surface area contributed by atoms with Crippen LogP contribution >= 0.6 is 11.6 Å². The maximum atomic E-state index is 12.6. The molecule has 2 aromatic carbocycles. The molecule has 0 atom stereocenters. The van der Waals surface area contributed by atoms with Crippen molar-refractivity contribution in [2.24, 2.45) is 0 Å². The van der Waals surface area contributed by atoms with Crippen molar-refractivity contribution in [2.75, 3.05) is 44.6 Å². The molecule has 0 spiro atoms. The Bertz CT molecular complexity index is 853. The summed E-state index contributed by atoms with van der Waals surface area (Å²) in [4.78, 5) is 16.5. The number of urea groups is 1. The highest BCUT2D eigenvalue weighted by molar-refractivity contribution is 6.33. The van der Waals surface area contributed by atoms with Gasteiger partial charge in [0.1, 0.15) is 11.5 Å². The molecule has 156 valence electrons. The first kappa shape index (κ1) is 21.1. The molecular formula is C22H28ClN3O3. The Balaban J connectivity index is 1.64. The van der Waals surface area contributed by atoms with Gasteiger partial charge >= 0.3 is 6.03 Å². The predicted molar refractivity (Wildman–Crippen MR) is 118 cm³/mol. The summed E-state index contributed by atoms with van der Waals surface area (Å²) in [5, 5.41) is 3.57. The minimum atomic E-state index is -0.218. The monoisotopic (exact) mass is 417 g/mol. The fourth-order valence-electron chi connectivity index (χ4n) is 3.50. The van der Waals surface area contributed by atoms with Gasteiger partial charge in [-0.05, 0) is 49.6 Å². The van der Waals surface area contributed by atoms with E-state index < -0.39 is 0 Å². The Kier molecular flexibility index (Phi) is 7.09. The normalized spacial score (nSPS) is 13.7. The molecule has 1 fully saturated rings. The first-order chi connectivity index (χ1) is 14.0. The minimum Gasteiger partial charge on any atom is -0.497 e. The van der Waals surface area contributed by atoms with Crippen molar-refractivity contribution in [3.8, 4) is 11.5 Å². The summed E-state index contributed by atoms with van der Waals surface area (Å²) in [6.07, 6.45) is 3.65. The van der Waals surface area contributed by atoms with Crippen LogP contribution in [0.15, 0.2) is 36.4 Å². The number of rotatable bonds is 6. The molecule has 1 aliphatic rings. The van der Waals surface area contributed by atoms with Crippen LogP contribution in [0.2, 0.25) is 5.02 Å². The Labute approximate surface area is 177 Å². The van der Waals surface area contributed by atoms with Crippen LogP contribution in [-0.2, 0) is 6.54 Å². The second-order valence-corrected chi connectivity index (χ2v) is 7.59. The van der Waals surface area contributed by atoms with Crippen LogP contribution in [0.25, 0.3) is 0 Å². The lowest BCUT2D eigenvalue weighted by Gasteiger charge is -2.29. The molecule has 0 aliphatic carbocycles. The van der Waals surface area contributed by atoms with Gasteiger partial charge < -0.3 is 24.6 Å². The number of carbonyl (C=O) groups is 1. The topological polar surface area (TPSA) is 54.0 Å². The number of hydrogen-bond acceptors (Lipinski definition) is 4. The van der Waals surface area contributed by atoms with Crippen molar-refractivity contribution in [2.45, 2.75) is 25.8 Å². The molecular weight excluding hydrogens is 390 g/mol. The van der Waals surface area contributed by atoms with Crippen LogP contribution in [0, 0.1) is 0 Å². The van der Waals surface area contributed by atoms with Crippen LogP contribution in [0.4, 0.5) is 16.2 Å². The molecule has 2 aromatic rings. The molecule has 6 nitrogen and oxygen atoms in total. The van der Waals surface area contributed by atoms with Crippen molar-refractivity contribution < 1.29 is 14.3 Å². The Hall–Kier alpha value is -2.60. The molecule has 1 aliphatic heterocycles. The molecule has 3 rings (SSSR count). The zero-order valence-corrected chi connectivity index (χ0v) is 18.0. The Morgan fingerprint density at radius 3 is 2.52 bits per heavy atom. The number of halogens is 1. The number of hydrogen-bond donors (Lipinski definition) is 1. The number of anilines is 2. The quantitative estimate of drug-likeness (QED) is 0.717. The van der Waals surface area contributed by atoms with Crippen molar-refractivity contribution in [1.82, 2.24) is 4.90 Å². The zero-order chi connectivity index (χ0) is 20.8. The molecule has 1 heterocycles. The van der Waals surface area contributed by atoms with E-state index >= 15 is 0 Å². The standard InChI is InChI=1S/C22H28ClN3O3/c1-25(15-16-7-9-18(28-2)14-21(16)29-3)22(27)24-17-8-10-20(19(23)13-17)26-11-5-4-6-12-26/h7-10,13-14H,4-6,11-12,15H2,1-3H3,(H,24,27). The van der Waals surface area contributed by atoms with Gasteiger partial charge in [-0.2, -0.15) is 0 Å². The van der Waals surface area contributed by atoms with Crippen molar-refractivity contribution in [1.29, 1.82) is 0 Å². The third-order valence-electron chi connectivity index (χ3n) is 5.14. The van der Waals surface area contributed by atoms with Crippen molar-refractivity contribution in [3.63, 3.8) is 0 Å². The molecule has 29 heavy (non-hydrogen) atoms. The number of piperidine rings is 1. The lowest BCUT2D eigenvalue weighted by atomic mass is 10.1. The molecule has 2 amide bonds.